The first kappa shape index (κ1) is 31.5. The van der Waals surface area contributed by atoms with E-state index in [1.807, 2.05) is 32.1 Å². The number of carbonyl (C=O) groups excluding carboxylic acids is 1. The lowest BCUT2D eigenvalue weighted by atomic mass is 9.90. The van der Waals surface area contributed by atoms with Crippen molar-refractivity contribution in [3.8, 4) is 0 Å². The van der Waals surface area contributed by atoms with Gasteiger partial charge in [-0.15, -0.1) is 0 Å². The topological polar surface area (TPSA) is 86.2 Å². The van der Waals surface area contributed by atoms with Crippen molar-refractivity contribution in [2.24, 2.45) is 12.0 Å². The Balaban J connectivity index is 1.76. The summed E-state index contributed by atoms with van der Waals surface area (Å²) in [5.41, 5.74) is 1.32. The second-order valence-electron chi connectivity index (χ2n) is 11.0. The molecule has 12 heteroatoms. The van der Waals surface area contributed by atoms with Crippen LogP contribution in [0.1, 0.15) is 24.5 Å². The van der Waals surface area contributed by atoms with Gasteiger partial charge in [-0.2, -0.15) is 0 Å². The number of amides is 1. The molecule has 1 aliphatic carbocycles. The van der Waals surface area contributed by atoms with E-state index in [9.17, 15) is 13.6 Å². The van der Waals surface area contributed by atoms with Crippen molar-refractivity contribution in [1.29, 1.82) is 0 Å². The molecule has 9 nitrogen and oxygen atoms in total. The van der Waals surface area contributed by atoms with Crippen LogP contribution in [-0.2, 0) is 22.1 Å². The number of guanidine groups is 1. The second-order valence-corrected chi connectivity index (χ2v) is 11.0. The molecule has 2 aliphatic rings. The smallest absolute Gasteiger partial charge is 0.247 e. The lowest BCUT2D eigenvalue weighted by molar-refractivity contribution is -0.115. The molecule has 1 atom stereocenters. The number of benzene rings is 1. The highest BCUT2D eigenvalue weighted by molar-refractivity contribution is 5.91. The van der Waals surface area contributed by atoms with Crippen molar-refractivity contribution in [3.63, 3.8) is 0 Å². The molecule has 4 rings (SSSR count). The summed E-state index contributed by atoms with van der Waals surface area (Å²) in [5, 5.41) is 9.17. The van der Waals surface area contributed by atoms with E-state index in [4.69, 9.17) is 9.73 Å². The molecule has 2 heterocycles. The molecule has 2 aromatic rings. The van der Waals surface area contributed by atoms with Crippen LogP contribution in [0.25, 0.3) is 10.9 Å². The fourth-order valence-electron chi connectivity index (χ4n) is 5.21. The van der Waals surface area contributed by atoms with Gasteiger partial charge in [0.2, 0.25) is 11.9 Å². The molecule has 0 saturated carbocycles. The molecule has 0 bridgehead atoms. The van der Waals surface area contributed by atoms with Gasteiger partial charge in [0.1, 0.15) is 11.3 Å². The van der Waals surface area contributed by atoms with Crippen molar-refractivity contribution in [3.05, 3.63) is 94.7 Å². The van der Waals surface area contributed by atoms with Gasteiger partial charge in [0, 0.05) is 62.5 Å². The molecular formula is C31H38F3N7O2. The second kappa shape index (κ2) is 12.4. The Labute approximate surface area is 249 Å². The Morgan fingerprint density at radius 1 is 1.23 bits per heavy atom. The van der Waals surface area contributed by atoms with Gasteiger partial charge in [-0.05, 0) is 46.2 Å². The largest absolute Gasteiger partial charge is 0.499 e. The summed E-state index contributed by atoms with van der Waals surface area (Å²) in [6.07, 6.45) is 10.3. The van der Waals surface area contributed by atoms with Gasteiger partial charge in [0.25, 0.3) is 0 Å². The summed E-state index contributed by atoms with van der Waals surface area (Å²) in [6, 6.07) is 0. The molecule has 0 spiro atoms. The summed E-state index contributed by atoms with van der Waals surface area (Å²) in [7, 11) is 9.12. The maximum absolute atomic E-state index is 15.2. The number of rotatable bonds is 9. The summed E-state index contributed by atoms with van der Waals surface area (Å²) >= 11 is 0. The average Bonchev–Trinajstić information content (AvgIpc) is 3.23. The molecule has 0 saturated heterocycles. The molecule has 0 radical (unpaired) electrons. The Bertz CT molecular complexity index is 1620. The van der Waals surface area contributed by atoms with Gasteiger partial charge in [-0.1, -0.05) is 12.7 Å². The van der Waals surface area contributed by atoms with Gasteiger partial charge in [-0.25, -0.2) is 18.2 Å². The number of methoxy groups -OCH3 is 1. The number of aryl methyl sites for hydroxylation is 2. The minimum atomic E-state index is -1.52. The van der Waals surface area contributed by atoms with Gasteiger partial charge < -0.3 is 35.1 Å². The van der Waals surface area contributed by atoms with Gasteiger partial charge in [0.15, 0.2) is 17.5 Å². The van der Waals surface area contributed by atoms with Gasteiger partial charge in [0.05, 0.1) is 29.7 Å². The lowest BCUT2D eigenvalue weighted by Gasteiger charge is -2.28. The number of hydrogen-bond acceptors (Lipinski definition) is 7. The number of halogens is 3. The number of aliphatic imine (C=N–C) groups is 1. The van der Waals surface area contributed by atoms with E-state index >= 15 is 4.39 Å². The molecule has 230 valence electrons. The van der Waals surface area contributed by atoms with Crippen LogP contribution in [0.4, 0.5) is 13.2 Å². The zero-order valence-corrected chi connectivity index (χ0v) is 25.5. The third kappa shape index (κ3) is 6.19. The van der Waals surface area contributed by atoms with Crippen molar-refractivity contribution in [2.45, 2.75) is 25.8 Å². The molecule has 1 unspecified atom stereocenters. The highest BCUT2D eigenvalue weighted by Crippen LogP contribution is 2.39. The minimum absolute atomic E-state index is 0.0120. The summed E-state index contributed by atoms with van der Waals surface area (Å²) in [5.74, 6) is -3.50. The number of allylic oxidation sites excluding steroid dienone is 2. The molecule has 43 heavy (non-hydrogen) atoms. The maximum Gasteiger partial charge on any atom is 0.247 e. The van der Waals surface area contributed by atoms with Crippen molar-refractivity contribution in [2.75, 3.05) is 41.3 Å². The third-order valence-electron chi connectivity index (χ3n) is 7.57. The van der Waals surface area contributed by atoms with Crippen LogP contribution in [0.5, 0.6) is 0 Å². The van der Waals surface area contributed by atoms with Gasteiger partial charge in [-0.3, -0.25) is 4.79 Å². The van der Waals surface area contributed by atoms with E-state index in [0.717, 1.165) is 12.2 Å². The molecule has 1 aromatic carbocycles. The summed E-state index contributed by atoms with van der Waals surface area (Å²) in [6.45, 7) is 8.24. The van der Waals surface area contributed by atoms with Crippen molar-refractivity contribution in [1.82, 2.24) is 30.3 Å². The molecule has 1 aliphatic heterocycles. The fourth-order valence-corrected chi connectivity index (χ4v) is 5.21. The molecular weight excluding hydrogens is 559 g/mol. The zero-order valence-electron chi connectivity index (χ0n) is 25.5. The first-order valence-electron chi connectivity index (χ1n) is 13.7. The van der Waals surface area contributed by atoms with Crippen LogP contribution >= 0.6 is 0 Å². The first-order valence-corrected chi connectivity index (χ1v) is 13.7. The van der Waals surface area contributed by atoms with E-state index in [1.54, 1.807) is 50.2 Å². The first-order chi connectivity index (χ1) is 20.3. The molecule has 3 N–H and O–H groups in total. The van der Waals surface area contributed by atoms with Crippen LogP contribution in [-0.4, -0.2) is 67.6 Å². The molecule has 1 aromatic heterocycles. The lowest BCUT2D eigenvalue weighted by Crippen LogP contribution is -2.40. The standard InChI is InChI=1S/C31H38F3N7O2/c1-9-24(42)36-20-16-21(23(43-8)11-10-22(20)40(6)15-14-39(4)5)37-30-35-13-12-31(3,38-30)19-17-41(7)29-18(2)26(32)28(34)27(33)25(19)29/h9-10,12-13,16-17H,1,11,14-15H2,2-8H3,(H,36,42)(H2,35,37,38). The van der Waals surface area contributed by atoms with E-state index in [0.29, 0.717) is 41.6 Å². The number of nitrogens with zero attached hydrogens (tertiary/aromatic N) is 4. The molecule has 0 fully saturated rings. The number of fused-ring (bicyclic) bond motifs is 1. The predicted molar refractivity (Wildman–Crippen MR) is 162 cm³/mol. The Kier molecular flexibility index (Phi) is 9.09. The predicted octanol–water partition coefficient (Wildman–Crippen LogP) is 4.01. The number of likely N-dealkylation sites (N-methyl/N-ethyl adjacent to an activating group) is 2. The SMILES string of the molecule is C=CC(=O)NC1=CC(NC2=NC(C)(c3cn(C)c4c(C)c(F)c(F)c(F)c34)C=CN2)=C(OC)CC=C1N(C)CCN(C)C. The zero-order chi connectivity index (χ0) is 31.6. The highest BCUT2D eigenvalue weighted by Gasteiger charge is 2.34. The van der Waals surface area contributed by atoms with E-state index in [2.05, 4.69) is 27.4 Å². The maximum atomic E-state index is 15.2. The average molecular weight is 598 g/mol. The Hall–Kier alpha value is -4.45. The fraction of sp³-hybridized carbons (Fsp3) is 0.355. The van der Waals surface area contributed by atoms with Crippen LogP contribution in [0.15, 0.2) is 71.1 Å². The number of carbonyl (C=O) groups is 1. The summed E-state index contributed by atoms with van der Waals surface area (Å²) in [4.78, 5) is 21.3. The normalized spacial score (nSPS) is 18.5. The van der Waals surface area contributed by atoms with E-state index < -0.39 is 23.0 Å². The van der Waals surface area contributed by atoms with Crippen molar-refractivity contribution >= 4 is 22.8 Å². The van der Waals surface area contributed by atoms with Crippen molar-refractivity contribution < 1.29 is 22.7 Å². The number of ether oxygens (including phenoxy) is 1. The monoisotopic (exact) mass is 597 g/mol. The number of aromatic nitrogens is 1. The molecule has 1 amide bonds. The third-order valence-corrected chi connectivity index (χ3v) is 7.57. The van der Waals surface area contributed by atoms with E-state index in [1.165, 1.54) is 13.0 Å². The van der Waals surface area contributed by atoms with E-state index in [-0.39, 0.29) is 22.4 Å². The minimum Gasteiger partial charge on any atom is -0.499 e. The van der Waals surface area contributed by atoms with Crippen LogP contribution < -0.4 is 16.0 Å². The van der Waals surface area contributed by atoms with Crippen LogP contribution in [0.2, 0.25) is 0 Å². The quantitative estimate of drug-likeness (QED) is 0.299. The Morgan fingerprint density at radius 2 is 1.95 bits per heavy atom. The van der Waals surface area contributed by atoms with Crippen LogP contribution in [0, 0.1) is 24.4 Å². The van der Waals surface area contributed by atoms with Gasteiger partial charge >= 0.3 is 0 Å². The summed E-state index contributed by atoms with van der Waals surface area (Å²) < 4.78 is 51.4. The number of hydrogen-bond donors (Lipinski definition) is 3. The van der Waals surface area contributed by atoms with Crippen LogP contribution in [0.3, 0.4) is 0 Å². The number of nitrogens with one attached hydrogen (secondary N) is 3. The highest BCUT2D eigenvalue weighted by atomic mass is 19.2. The Morgan fingerprint density at radius 3 is 2.60 bits per heavy atom.